The number of rotatable bonds is 10. The SMILES string of the molecule is CCCC(CCN)CCC(=O)NOCC(N)=O. The number of hydrogen-bond acceptors (Lipinski definition) is 4. The fraction of sp³-hybridized carbons (Fsp3) is 0.818. The van der Waals surface area contributed by atoms with Crippen LogP contribution in [0, 0.1) is 5.92 Å². The maximum absolute atomic E-state index is 11.3. The molecule has 2 amide bonds. The molecule has 0 aliphatic rings. The van der Waals surface area contributed by atoms with Crippen LogP contribution in [0.5, 0.6) is 0 Å². The molecule has 0 rings (SSSR count). The molecule has 6 heteroatoms. The number of nitrogens with two attached hydrogens (primary N) is 2. The van der Waals surface area contributed by atoms with Crippen molar-refractivity contribution in [1.82, 2.24) is 5.48 Å². The van der Waals surface area contributed by atoms with Gasteiger partial charge in [0, 0.05) is 6.42 Å². The van der Waals surface area contributed by atoms with Gasteiger partial charge in [-0.05, 0) is 25.3 Å². The Labute approximate surface area is 102 Å². The number of hydrogen-bond donors (Lipinski definition) is 3. The van der Waals surface area contributed by atoms with Gasteiger partial charge in [0.25, 0.3) is 0 Å². The Kier molecular flexibility index (Phi) is 9.37. The molecule has 0 spiro atoms. The Hall–Kier alpha value is -1.14. The van der Waals surface area contributed by atoms with Gasteiger partial charge in [0.1, 0.15) is 0 Å². The third-order valence-corrected chi connectivity index (χ3v) is 2.45. The molecule has 17 heavy (non-hydrogen) atoms. The Morgan fingerprint density at radius 3 is 2.53 bits per heavy atom. The molecule has 6 nitrogen and oxygen atoms in total. The predicted octanol–water partition coefficient (Wildman–Crippen LogP) is 0.0648. The van der Waals surface area contributed by atoms with E-state index in [9.17, 15) is 9.59 Å². The summed E-state index contributed by atoms with van der Waals surface area (Å²) in [6.07, 6.45) is 4.26. The molecular formula is C11H23N3O3. The van der Waals surface area contributed by atoms with Crippen LogP contribution in [0.25, 0.3) is 0 Å². The van der Waals surface area contributed by atoms with Crippen LogP contribution in [0.15, 0.2) is 0 Å². The Bertz CT molecular complexity index is 228. The minimum absolute atomic E-state index is 0.232. The predicted molar refractivity (Wildman–Crippen MR) is 64.6 cm³/mol. The van der Waals surface area contributed by atoms with Crippen LogP contribution in [-0.4, -0.2) is 25.0 Å². The highest BCUT2D eigenvalue weighted by molar-refractivity contribution is 5.76. The third-order valence-electron chi connectivity index (χ3n) is 2.45. The highest BCUT2D eigenvalue weighted by Gasteiger charge is 2.10. The lowest BCUT2D eigenvalue weighted by Gasteiger charge is -2.14. The van der Waals surface area contributed by atoms with Gasteiger partial charge in [-0.15, -0.1) is 0 Å². The van der Waals surface area contributed by atoms with Gasteiger partial charge in [0.15, 0.2) is 6.61 Å². The van der Waals surface area contributed by atoms with Crippen molar-refractivity contribution in [1.29, 1.82) is 0 Å². The van der Waals surface area contributed by atoms with Gasteiger partial charge in [-0.3, -0.25) is 14.4 Å². The first-order valence-corrected chi connectivity index (χ1v) is 5.99. The zero-order valence-electron chi connectivity index (χ0n) is 10.4. The molecule has 0 saturated carbocycles. The zero-order valence-corrected chi connectivity index (χ0v) is 10.4. The standard InChI is InChI=1S/C11H23N3O3/c1-2-3-9(6-7-12)4-5-11(16)14-17-8-10(13)15/h9H,2-8,12H2,1H3,(H2,13,15)(H,14,16). The molecule has 0 heterocycles. The first-order valence-electron chi connectivity index (χ1n) is 5.99. The molecule has 0 aliphatic carbocycles. The van der Waals surface area contributed by atoms with Crippen molar-refractivity contribution in [2.75, 3.05) is 13.2 Å². The molecular weight excluding hydrogens is 222 g/mol. The van der Waals surface area contributed by atoms with Crippen LogP contribution >= 0.6 is 0 Å². The number of primary amides is 1. The van der Waals surface area contributed by atoms with Crippen LogP contribution < -0.4 is 16.9 Å². The average Bonchev–Trinajstić information content (AvgIpc) is 2.26. The van der Waals surface area contributed by atoms with Gasteiger partial charge >= 0.3 is 0 Å². The van der Waals surface area contributed by atoms with Crippen LogP contribution in [0.4, 0.5) is 0 Å². The third kappa shape index (κ3) is 9.77. The summed E-state index contributed by atoms with van der Waals surface area (Å²) in [7, 11) is 0. The maximum atomic E-state index is 11.3. The van der Waals surface area contributed by atoms with E-state index >= 15 is 0 Å². The van der Waals surface area contributed by atoms with Crippen LogP contribution in [-0.2, 0) is 14.4 Å². The molecule has 0 bridgehead atoms. The molecule has 0 aromatic carbocycles. The summed E-state index contributed by atoms with van der Waals surface area (Å²) >= 11 is 0. The van der Waals surface area contributed by atoms with E-state index in [1.165, 1.54) is 0 Å². The van der Waals surface area contributed by atoms with E-state index in [4.69, 9.17) is 11.5 Å². The van der Waals surface area contributed by atoms with Crippen molar-refractivity contribution in [3.05, 3.63) is 0 Å². The van der Waals surface area contributed by atoms with Gasteiger partial charge in [-0.25, -0.2) is 5.48 Å². The molecule has 100 valence electrons. The quantitative estimate of drug-likeness (QED) is 0.473. The number of amides is 2. The Morgan fingerprint density at radius 2 is 2.00 bits per heavy atom. The second-order valence-electron chi connectivity index (χ2n) is 4.05. The van der Waals surface area contributed by atoms with E-state index in [1.807, 2.05) is 0 Å². The molecule has 0 saturated heterocycles. The van der Waals surface area contributed by atoms with E-state index in [0.29, 0.717) is 18.9 Å². The first kappa shape index (κ1) is 15.9. The van der Waals surface area contributed by atoms with E-state index in [0.717, 1.165) is 25.7 Å². The van der Waals surface area contributed by atoms with E-state index in [-0.39, 0.29) is 12.5 Å². The largest absolute Gasteiger partial charge is 0.368 e. The Balaban J connectivity index is 3.68. The van der Waals surface area contributed by atoms with Crippen molar-refractivity contribution < 1.29 is 14.4 Å². The molecule has 1 atom stereocenters. The summed E-state index contributed by atoms with van der Waals surface area (Å²) in [6.45, 7) is 2.46. The minimum Gasteiger partial charge on any atom is -0.368 e. The molecule has 1 unspecified atom stereocenters. The summed E-state index contributed by atoms with van der Waals surface area (Å²) in [5.41, 5.74) is 12.5. The molecule has 0 aromatic rings. The fourth-order valence-electron chi connectivity index (χ4n) is 1.65. The highest BCUT2D eigenvalue weighted by atomic mass is 16.7. The monoisotopic (exact) mass is 245 g/mol. The van der Waals surface area contributed by atoms with Crippen molar-refractivity contribution in [2.45, 2.75) is 39.0 Å². The van der Waals surface area contributed by atoms with Gasteiger partial charge in [0.2, 0.25) is 11.8 Å². The van der Waals surface area contributed by atoms with E-state index in [2.05, 4.69) is 17.2 Å². The summed E-state index contributed by atoms with van der Waals surface area (Å²) in [5, 5.41) is 0. The maximum Gasteiger partial charge on any atom is 0.246 e. The smallest absolute Gasteiger partial charge is 0.246 e. The number of nitrogens with one attached hydrogen (secondary N) is 1. The van der Waals surface area contributed by atoms with Gasteiger partial charge in [0.05, 0.1) is 0 Å². The number of hydroxylamine groups is 1. The van der Waals surface area contributed by atoms with Crippen molar-refractivity contribution >= 4 is 11.8 Å². The second kappa shape index (κ2) is 10.0. The van der Waals surface area contributed by atoms with Crippen molar-refractivity contribution in [3.63, 3.8) is 0 Å². The minimum atomic E-state index is -0.614. The summed E-state index contributed by atoms with van der Waals surface area (Å²) in [6, 6.07) is 0. The normalized spacial score (nSPS) is 12.1. The Morgan fingerprint density at radius 1 is 1.29 bits per heavy atom. The lowest BCUT2D eigenvalue weighted by Crippen LogP contribution is -2.29. The fourth-order valence-corrected chi connectivity index (χ4v) is 1.65. The molecule has 5 N–H and O–H groups in total. The van der Waals surface area contributed by atoms with Crippen LogP contribution in [0.3, 0.4) is 0 Å². The summed E-state index contributed by atoms with van der Waals surface area (Å²) in [4.78, 5) is 26.3. The van der Waals surface area contributed by atoms with Crippen molar-refractivity contribution in [3.8, 4) is 0 Å². The van der Waals surface area contributed by atoms with Gasteiger partial charge < -0.3 is 11.5 Å². The van der Waals surface area contributed by atoms with Crippen LogP contribution in [0.2, 0.25) is 0 Å². The van der Waals surface area contributed by atoms with E-state index in [1.54, 1.807) is 0 Å². The molecule has 0 radical (unpaired) electrons. The summed E-state index contributed by atoms with van der Waals surface area (Å²) in [5.74, 6) is -0.367. The zero-order chi connectivity index (χ0) is 13.1. The average molecular weight is 245 g/mol. The molecule has 0 fully saturated rings. The van der Waals surface area contributed by atoms with Gasteiger partial charge in [-0.2, -0.15) is 0 Å². The van der Waals surface area contributed by atoms with Crippen molar-refractivity contribution in [2.24, 2.45) is 17.4 Å². The first-order chi connectivity index (χ1) is 8.10. The highest BCUT2D eigenvalue weighted by Crippen LogP contribution is 2.16. The second-order valence-corrected chi connectivity index (χ2v) is 4.05. The van der Waals surface area contributed by atoms with Crippen LogP contribution in [0.1, 0.15) is 39.0 Å². The molecule has 0 aliphatic heterocycles. The lowest BCUT2D eigenvalue weighted by atomic mass is 9.94. The van der Waals surface area contributed by atoms with Gasteiger partial charge in [-0.1, -0.05) is 19.8 Å². The number of carbonyl (C=O) groups excluding carboxylic acids is 2. The van der Waals surface area contributed by atoms with E-state index < -0.39 is 5.91 Å². The topological polar surface area (TPSA) is 107 Å². The lowest BCUT2D eigenvalue weighted by molar-refractivity contribution is -0.138. The number of carbonyl (C=O) groups is 2. The molecule has 0 aromatic heterocycles. The summed E-state index contributed by atoms with van der Waals surface area (Å²) < 4.78 is 0.